The van der Waals surface area contributed by atoms with Crippen molar-refractivity contribution in [2.24, 2.45) is 0 Å². The summed E-state index contributed by atoms with van der Waals surface area (Å²) in [6.07, 6.45) is 2.45. The van der Waals surface area contributed by atoms with Crippen molar-refractivity contribution in [3.63, 3.8) is 0 Å². The van der Waals surface area contributed by atoms with Gasteiger partial charge in [0.05, 0.1) is 4.90 Å². The Kier molecular flexibility index (Phi) is 3.66. The predicted molar refractivity (Wildman–Crippen MR) is 80.1 cm³/mol. The standard InChI is InChI=1S/C16H15NO3S/c18-21(19,15-10-5-2-6-11-15)17-13-7-12-16(17)20-14-8-3-1-4-9-14/h1-6,8-12H,7,13H2. The number of para-hydroxylation sites is 1. The Morgan fingerprint density at radius 3 is 2.19 bits per heavy atom. The minimum Gasteiger partial charge on any atom is -0.441 e. The quantitative estimate of drug-likeness (QED) is 0.872. The number of rotatable bonds is 4. The van der Waals surface area contributed by atoms with Crippen LogP contribution in [0.25, 0.3) is 0 Å². The Morgan fingerprint density at radius 1 is 0.905 bits per heavy atom. The van der Waals surface area contributed by atoms with Crippen molar-refractivity contribution >= 4 is 10.0 Å². The van der Waals surface area contributed by atoms with Crippen molar-refractivity contribution in [1.29, 1.82) is 0 Å². The average Bonchev–Trinajstić information content (AvgIpc) is 2.98. The minimum atomic E-state index is -3.57. The molecule has 0 saturated carbocycles. The summed E-state index contributed by atoms with van der Waals surface area (Å²) >= 11 is 0. The van der Waals surface area contributed by atoms with E-state index in [4.69, 9.17) is 4.74 Å². The van der Waals surface area contributed by atoms with Crippen molar-refractivity contribution < 1.29 is 13.2 Å². The summed E-state index contributed by atoms with van der Waals surface area (Å²) in [5.74, 6) is 0.990. The number of sulfonamides is 1. The van der Waals surface area contributed by atoms with Crippen molar-refractivity contribution in [3.05, 3.63) is 72.6 Å². The molecule has 108 valence electrons. The van der Waals surface area contributed by atoms with Crippen LogP contribution in [-0.4, -0.2) is 19.3 Å². The minimum absolute atomic E-state index is 0.273. The smallest absolute Gasteiger partial charge is 0.266 e. The Morgan fingerprint density at radius 2 is 1.52 bits per heavy atom. The van der Waals surface area contributed by atoms with E-state index < -0.39 is 10.0 Å². The highest BCUT2D eigenvalue weighted by Gasteiger charge is 2.30. The fraction of sp³-hybridized carbons (Fsp3) is 0.125. The largest absolute Gasteiger partial charge is 0.441 e. The van der Waals surface area contributed by atoms with Crippen LogP contribution < -0.4 is 4.74 Å². The molecular weight excluding hydrogens is 286 g/mol. The van der Waals surface area contributed by atoms with Gasteiger partial charge in [0.1, 0.15) is 5.75 Å². The monoisotopic (exact) mass is 301 g/mol. The normalized spacial score (nSPS) is 14.9. The number of nitrogens with zero attached hydrogens (tertiary/aromatic N) is 1. The second-order valence-corrected chi connectivity index (χ2v) is 6.50. The van der Waals surface area contributed by atoms with Gasteiger partial charge in [0.2, 0.25) is 5.88 Å². The van der Waals surface area contributed by atoms with Gasteiger partial charge < -0.3 is 4.74 Å². The van der Waals surface area contributed by atoms with Crippen LogP contribution in [0.1, 0.15) is 6.42 Å². The van der Waals surface area contributed by atoms with Crippen molar-refractivity contribution in [3.8, 4) is 5.75 Å². The maximum atomic E-state index is 12.6. The molecule has 0 aromatic heterocycles. The number of hydrogen-bond donors (Lipinski definition) is 0. The molecule has 1 aliphatic rings. The van der Waals surface area contributed by atoms with E-state index in [2.05, 4.69) is 0 Å². The summed E-state index contributed by atoms with van der Waals surface area (Å²) in [6.45, 7) is 0.402. The Labute approximate surface area is 124 Å². The van der Waals surface area contributed by atoms with Gasteiger partial charge in [0.25, 0.3) is 10.0 Å². The lowest BCUT2D eigenvalue weighted by atomic mass is 10.3. The van der Waals surface area contributed by atoms with Gasteiger partial charge in [-0.25, -0.2) is 12.7 Å². The Balaban J connectivity index is 1.87. The maximum absolute atomic E-state index is 12.6. The van der Waals surface area contributed by atoms with Crippen molar-refractivity contribution in [2.45, 2.75) is 11.3 Å². The summed E-state index contributed by atoms with van der Waals surface area (Å²) in [4.78, 5) is 0.273. The van der Waals surface area contributed by atoms with Crippen LogP contribution in [0.4, 0.5) is 0 Å². The third-order valence-electron chi connectivity index (χ3n) is 3.19. The molecule has 3 rings (SSSR count). The molecule has 0 atom stereocenters. The zero-order chi connectivity index (χ0) is 14.7. The number of benzene rings is 2. The molecule has 0 saturated heterocycles. The van der Waals surface area contributed by atoms with Crippen LogP contribution in [0.2, 0.25) is 0 Å². The number of hydrogen-bond acceptors (Lipinski definition) is 3. The van der Waals surface area contributed by atoms with Gasteiger partial charge in [0.15, 0.2) is 0 Å². The molecule has 0 amide bonds. The van der Waals surface area contributed by atoms with Crippen LogP contribution >= 0.6 is 0 Å². The van der Waals surface area contributed by atoms with E-state index in [-0.39, 0.29) is 4.90 Å². The molecule has 0 fully saturated rings. The Hall–Kier alpha value is -2.27. The fourth-order valence-electron chi connectivity index (χ4n) is 2.18. The van der Waals surface area contributed by atoms with E-state index in [0.29, 0.717) is 24.6 Å². The van der Waals surface area contributed by atoms with Gasteiger partial charge in [-0.1, -0.05) is 36.4 Å². The molecule has 0 N–H and O–H groups in total. The summed E-state index contributed by atoms with van der Waals surface area (Å²) in [5, 5.41) is 0. The molecule has 5 heteroatoms. The van der Waals surface area contributed by atoms with E-state index in [1.165, 1.54) is 4.31 Å². The second kappa shape index (κ2) is 5.61. The van der Waals surface area contributed by atoms with E-state index in [1.807, 2.05) is 18.2 Å². The Bertz CT molecular complexity index is 740. The van der Waals surface area contributed by atoms with Crippen molar-refractivity contribution in [2.75, 3.05) is 6.54 Å². The molecule has 2 aromatic rings. The molecule has 2 aromatic carbocycles. The highest BCUT2D eigenvalue weighted by molar-refractivity contribution is 7.89. The highest BCUT2D eigenvalue weighted by atomic mass is 32.2. The summed E-state index contributed by atoms with van der Waals surface area (Å²) in [6, 6.07) is 17.6. The first-order valence-electron chi connectivity index (χ1n) is 6.69. The average molecular weight is 301 g/mol. The topological polar surface area (TPSA) is 46.6 Å². The summed E-state index contributed by atoms with van der Waals surface area (Å²) in [5.41, 5.74) is 0. The zero-order valence-corrected chi connectivity index (χ0v) is 12.2. The SMILES string of the molecule is O=S(=O)(c1ccccc1)N1CCC=C1Oc1ccccc1. The van der Waals surface area contributed by atoms with Crippen LogP contribution in [0.3, 0.4) is 0 Å². The first kappa shape index (κ1) is 13.7. The lowest BCUT2D eigenvalue weighted by Crippen LogP contribution is -2.30. The first-order chi connectivity index (χ1) is 10.2. The molecular formula is C16H15NO3S. The molecule has 4 nitrogen and oxygen atoms in total. The zero-order valence-electron chi connectivity index (χ0n) is 11.3. The summed E-state index contributed by atoms with van der Waals surface area (Å²) < 4.78 is 32.3. The van der Waals surface area contributed by atoms with Crippen LogP contribution in [0.15, 0.2) is 77.5 Å². The van der Waals surface area contributed by atoms with Gasteiger partial charge in [-0.05, 0) is 36.8 Å². The molecule has 0 radical (unpaired) electrons. The van der Waals surface area contributed by atoms with Gasteiger partial charge >= 0.3 is 0 Å². The van der Waals surface area contributed by atoms with Crippen LogP contribution in [0, 0.1) is 0 Å². The maximum Gasteiger partial charge on any atom is 0.266 e. The molecule has 21 heavy (non-hydrogen) atoms. The van der Waals surface area contributed by atoms with E-state index in [9.17, 15) is 8.42 Å². The molecule has 0 spiro atoms. The van der Waals surface area contributed by atoms with Crippen LogP contribution in [0.5, 0.6) is 5.75 Å². The lowest BCUT2D eigenvalue weighted by molar-refractivity contribution is 0.318. The van der Waals surface area contributed by atoms with E-state index in [1.54, 1.807) is 48.5 Å². The second-order valence-electron chi connectivity index (χ2n) is 4.64. The first-order valence-corrected chi connectivity index (χ1v) is 8.13. The van der Waals surface area contributed by atoms with Gasteiger partial charge in [0, 0.05) is 6.54 Å². The number of ether oxygens (including phenoxy) is 1. The summed E-state index contributed by atoms with van der Waals surface area (Å²) in [7, 11) is -3.57. The third kappa shape index (κ3) is 2.78. The molecule has 0 bridgehead atoms. The van der Waals surface area contributed by atoms with Gasteiger partial charge in [-0.3, -0.25) is 0 Å². The molecule has 1 aliphatic heterocycles. The third-order valence-corrected chi connectivity index (χ3v) is 5.00. The molecule has 0 unspecified atom stereocenters. The van der Waals surface area contributed by atoms with Gasteiger partial charge in [-0.2, -0.15) is 0 Å². The van der Waals surface area contributed by atoms with Gasteiger partial charge in [-0.15, -0.1) is 0 Å². The highest BCUT2D eigenvalue weighted by Crippen LogP contribution is 2.27. The van der Waals surface area contributed by atoms with E-state index in [0.717, 1.165) is 0 Å². The molecule has 0 aliphatic carbocycles. The predicted octanol–water partition coefficient (Wildman–Crippen LogP) is 3.00. The lowest BCUT2D eigenvalue weighted by Gasteiger charge is -2.21. The van der Waals surface area contributed by atoms with Crippen LogP contribution in [-0.2, 0) is 10.0 Å². The fourth-order valence-corrected chi connectivity index (χ4v) is 3.63. The van der Waals surface area contributed by atoms with E-state index >= 15 is 0 Å². The molecule has 1 heterocycles. The van der Waals surface area contributed by atoms with Crippen molar-refractivity contribution in [1.82, 2.24) is 4.31 Å².